The van der Waals surface area contributed by atoms with E-state index >= 15 is 0 Å². The molecule has 0 aliphatic carbocycles. The van der Waals surface area contributed by atoms with Crippen LogP contribution in [0.15, 0.2) is 57.7 Å². The highest BCUT2D eigenvalue weighted by atomic mass is 16.4. The van der Waals surface area contributed by atoms with E-state index in [2.05, 4.69) is 15.3 Å². The number of carbonyl (C=O) groups is 1. The number of nitrogens with zero attached hydrogens (tertiary/aromatic N) is 1. The van der Waals surface area contributed by atoms with E-state index in [4.69, 9.17) is 15.3 Å². The normalized spacial score (nSPS) is 12.3. The van der Waals surface area contributed by atoms with E-state index < -0.39 is 12.0 Å². The number of carboxylic acids is 1. The van der Waals surface area contributed by atoms with E-state index in [0.29, 0.717) is 41.2 Å². The Morgan fingerprint density at radius 1 is 1.23 bits per heavy atom. The lowest BCUT2D eigenvalue weighted by molar-refractivity contribution is -0.138. The summed E-state index contributed by atoms with van der Waals surface area (Å²) in [5, 5.41) is 12.6. The Balaban J connectivity index is 1.39. The SMILES string of the molecule is NC(Cc1ccc2oc(CCCNc3nc4ccccc4[nH]3)cc(=O)c2c1)C(=O)O. The number of hydrogen-bond donors (Lipinski definition) is 4. The number of aromatic nitrogens is 2. The van der Waals surface area contributed by atoms with Gasteiger partial charge in [-0.1, -0.05) is 18.2 Å². The summed E-state index contributed by atoms with van der Waals surface area (Å²) in [6.07, 6.45) is 1.51. The van der Waals surface area contributed by atoms with E-state index in [1.165, 1.54) is 6.07 Å². The highest BCUT2D eigenvalue weighted by Crippen LogP contribution is 2.17. The van der Waals surface area contributed by atoms with Gasteiger partial charge in [0, 0.05) is 19.0 Å². The van der Waals surface area contributed by atoms with Crippen LogP contribution in [0.25, 0.3) is 22.0 Å². The van der Waals surface area contributed by atoms with Crippen molar-refractivity contribution >= 4 is 33.9 Å². The number of imidazole rings is 1. The number of aliphatic carboxylic acids is 1. The molecule has 4 aromatic rings. The molecule has 1 unspecified atom stereocenters. The number of benzene rings is 2. The predicted molar refractivity (Wildman–Crippen MR) is 115 cm³/mol. The summed E-state index contributed by atoms with van der Waals surface area (Å²) in [6, 6.07) is 13.4. The van der Waals surface area contributed by atoms with Crippen LogP contribution in [0.3, 0.4) is 0 Å². The lowest BCUT2D eigenvalue weighted by Gasteiger charge is -2.08. The first-order chi connectivity index (χ1) is 14.5. The third-order valence-corrected chi connectivity index (χ3v) is 4.90. The Kier molecular flexibility index (Phi) is 5.49. The highest BCUT2D eigenvalue weighted by Gasteiger charge is 2.13. The monoisotopic (exact) mass is 406 g/mol. The van der Waals surface area contributed by atoms with E-state index in [0.717, 1.165) is 17.5 Å². The molecule has 0 amide bonds. The molecule has 2 heterocycles. The molecule has 30 heavy (non-hydrogen) atoms. The molecule has 2 aromatic carbocycles. The minimum absolute atomic E-state index is 0.151. The maximum Gasteiger partial charge on any atom is 0.320 e. The average molecular weight is 406 g/mol. The van der Waals surface area contributed by atoms with Crippen molar-refractivity contribution in [2.75, 3.05) is 11.9 Å². The molecule has 8 heteroatoms. The summed E-state index contributed by atoms with van der Waals surface area (Å²) in [5.74, 6) is 0.242. The van der Waals surface area contributed by atoms with Gasteiger partial charge in [0.05, 0.1) is 16.4 Å². The van der Waals surface area contributed by atoms with Gasteiger partial charge in [-0.2, -0.15) is 0 Å². The van der Waals surface area contributed by atoms with Crippen molar-refractivity contribution in [3.05, 3.63) is 70.1 Å². The number of aromatic amines is 1. The van der Waals surface area contributed by atoms with Gasteiger partial charge in [0.1, 0.15) is 17.4 Å². The molecule has 0 radical (unpaired) electrons. The third kappa shape index (κ3) is 4.33. The summed E-state index contributed by atoms with van der Waals surface area (Å²) < 4.78 is 5.85. The van der Waals surface area contributed by atoms with Gasteiger partial charge in [-0.3, -0.25) is 9.59 Å². The Labute approximate surface area is 171 Å². The van der Waals surface area contributed by atoms with E-state index in [-0.39, 0.29) is 11.8 Å². The van der Waals surface area contributed by atoms with E-state index in [1.807, 2.05) is 24.3 Å². The van der Waals surface area contributed by atoms with Crippen molar-refractivity contribution in [2.45, 2.75) is 25.3 Å². The number of nitrogens with two attached hydrogens (primary N) is 1. The number of nitrogens with one attached hydrogen (secondary N) is 2. The summed E-state index contributed by atoms with van der Waals surface area (Å²) in [4.78, 5) is 31.1. The van der Waals surface area contributed by atoms with Crippen molar-refractivity contribution in [3.8, 4) is 0 Å². The Morgan fingerprint density at radius 2 is 2.07 bits per heavy atom. The molecule has 5 N–H and O–H groups in total. The van der Waals surface area contributed by atoms with Gasteiger partial charge in [-0.25, -0.2) is 4.98 Å². The molecule has 8 nitrogen and oxygen atoms in total. The minimum atomic E-state index is -1.08. The molecule has 0 spiro atoms. The largest absolute Gasteiger partial charge is 0.480 e. The van der Waals surface area contributed by atoms with Crippen LogP contribution >= 0.6 is 0 Å². The summed E-state index contributed by atoms with van der Waals surface area (Å²) in [7, 11) is 0. The van der Waals surface area contributed by atoms with Crippen LogP contribution < -0.4 is 16.5 Å². The van der Waals surface area contributed by atoms with Gasteiger partial charge in [0.25, 0.3) is 0 Å². The second-order valence-corrected chi connectivity index (χ2v) is 7.19. The second-order valence-electron chi connectivity index (χ2n) is 7.19. The fourth-order valence-corrected chi connectivity index (χ4v) is 3.35. The Hall–Kier alpha value is -3.65. The van der Waals surface area contributed by atoms with Crippen molar-refractivity contribution in [1.29, 1.82) is 0 Å². The summed E-state index contributed by atoms with van der Waals surface area (Å²) in [6.45, 7) is 0.674. The number of fused-ring (bicyclic) bond motifs is 2. The first-order valence-corrected chi connectivity index (χ1v) is 9.72. The standard InChI is InChI=1S/C22H22N4O4/c23-16(21(28)29)11-13-7-8-20-15(10-13)19(27)12-14(30-20)4-3-9-24-22-25-17-5-1-2-6-18(17)26-22/h1-2,5-8,10,12,16H,3-4,9,11,23H2,(H,28,29)(H2,24,25,26). The van der Waals surface area contributed by atoms with Gasteiger partial charge in [0.2, 0.25) is 5.95 Å². The average Bonchev–Trinajstić information content (AvgIpc) is 3.14. The van der Waals surface area contributed by atoms with Crippen LogP contribution in [-0.4, -0.2) is 33.6 Å². The molecular formula is C22H22N4O4. The van der Waals surface area contributed by atoms with Crippen molar-refractivity contribution in [3.63, 3.8) is 0 Å². The highest BCUT2D eigenvalue weighted by molar-refractivity contribution is 5.78. The number of carboxylic acid groups (broad SMARTS) is 1. The van der Waals surface area contributed by atoms with E-state index in [1.54, 1.807) is 18.2 Å². The van der Waals surface area contributed by atoms with Crippen LogP contribution in [0.4, 0.5) is 5.95 Å². The predicted octanol–water partition coefficient (Wildman–Crippen LogP) is 2.67. The first-order valence-electron chi connectivity index (χ1n) is 9.72. The second kappa shape index (κ2) is 8.38. The number of anilines is 1. The Bertz CT molecular complexity index is 1230. The van der Waals surface area contributed by atoms with Crippen molar-refractivity contribution in [1.82, 2.24) is 9.97 Å². The fraction of sp³-hybridized carbons (Fsp3) is 0.227. The van der Waals surface area contributed by atoms with Crippen molar-refractivity contribution in [2.24, 2.45) is 5.73 Å². The number of H-pyrrole nitrogens is 1. The quantitative estimate of drug-likeness (QED) is 0.330. The molecule has 0 aliphatic heterocycles. The maximum absolute atomic E-state index is 12.5. The number of rotatable bonds is 8. The zero-order valence-electron chi connectivity index (χ0n) is 16.2. The van der Waals surface area contributed by atoms with E-state index in [9.17, 15) is 9.59 Å². The molecule has 0 bridgehead atoms. The molecule has 0 aliphatic rings. The van der Waals surface area contributed by atoms with Crippen LogP contribution in [0.2, 0.25) is 0 Å². The maximum atomic E-state index is 12.5. The Morgan fingerprint density at radius 3 is 2.87 bits per heavy atom. The molecule has 2 aromatic heterocycles. The molecule has 0 fully saturated rings. The van der Waals surface area contributed by atoms with Gasteiger partial charge < -0.3 is 25.6 Å². The number of para-hydroxylation sites is 2. The molecule has 0 saturated carbocycles. The van der Waals surface area contributed by atoms with Crippen LogP contribution in [0, 0.1) is 0 Å². The third-order valence-electron chi connectivity index (χ3n) is 4.90. The lowest BCUT2D eigenvalue weighted by Crippen LogP contribution is -2.32. The topological polar surface area (TPSA) is 134 Å². The molecule has 1 atom stereocenters. The van der Waals surface area contributed by atoms with Gasteiger partial charge in [-0.15, -0.1) is 0 Å². The summed E-state index contributed by atoms with van der Waals surface area (Å²) in [5.41, 5.74) is 8.47. The zero-order valence-corrected chi connectivity index (χ0v) is 16.2. The molecule has 154 valence electrons. The molecular weight excluding hydrogens is 384 g/mol. The fourth-order valence-electron chi connectivity index (χ4n) is 3.35. The van der Waals surface area contributed by atoms with Crippen LogP contribution in [-0.2, 0) is 17.6 Å². The van der Waals surface area contributed by atoms with Gasteiger partial charge >= 0.3 is 5.97 Å². The smallest absolute Gasteiger partial charge is 0.320 e. The van der Waals surface area contributed by atoms with Gasteiger partial charge in [0.15, 0.2) is 5.43 Å². The number of hydrogen-bond acceptors (Lipinski definition) is 6. The van der Waals surface area contributed by atoms with Crippen LogP contribution in [0.5, 0.6) is 0 Å². The zero-order chi connectivity index (χ0) is 21.1. The van der Waals surface area contributed by atoms with Crippen LogP contribution in [0.1, 0.15) is 17.7 Å². The molecule has 0 saturated heterocycles. The number of aryl methyl sites for hydroxylation is 1. The molecule has 4 rings (SSSR count). The van der Waals surface area contributed by atoms with Crippen molar-refractivity contribution < 1.29 is 14.3 Å². The first kappa shape index (κ1) is 19.7. The lowest BCUT2D eigenvalue weighted by atomic mass is 10.0. The van der Waals surface area contributed by atoms with Gasteiger partial charge in [-0.05, 0) is 42.7 Å². The summed E-state index contributed by atoms with van der Waals surface area (Å²) >= 11 is 0. The minimum Gasteiger partial charge on any atom is -0.480 e.